The van der Waals surface area contributed by atoms with E-state index >= 15 is 0 Å². The van der Waals surface area contributed by atoms with Crippen LogP contribution in [0.5, 0.6) is 17.2 Å². The van der Waals surface area contributed by atoms with Crippen molar-refractivity contribution in [1.82, 2.24) is 9.99 Å². The minimum atomic E-state index is -0.499. The molecule has 0 radical (unpaired) electrons. The van der Waals surface area contributed by atoms with E-state index in [1.807, 2.05) is 42.5 Å². The molecule has 0 atom stereocenters. The van der Waals surface area contributed by atoms with Gasteiger partial charge in [-0.3, -0.25) is 4.79 Å². The number of halogens is 1. The van der Waals surface area contributed by atoms with Crippen molar-refractivity contribution < 1.29 is 23.4 Å². The predicted molar refractivity (Wildman–Crippen MR) is 162 cm³/mol. The van der Waals surface area contributed by atoms with Gasteiger partial charge in [0.1, 0.15) is 24.7 Å². The van der Waals surface area contributed by atoms with E-state index < -0.39 is 5.91 Å². The lowest BCUT2D eigenvalue weighted by molar-refractivity contribution is 0.0923. The number of carbonyl (C=O) groups excluding carboxylic acids is 1. The van der Waals surface area contributed by atoms with Gasteiger partial charge in [0.2, 0.25) is 0 Å². The van der Waals surface area contributed by atoms with E-state index in [-0.39, 0.29) is 19.0 Å². The zero-order valence-corrected chi connectivity index (χ0v) is 24.2. The highest BCUT2D eigenvalue weighted by Crippen LogP contribution is 2.31. The van der Waals surface area contributed by atoms with Crippen molar-refractivity contribution in [2.24, 2.45) is 5.10 Å². The first kappa shape index (κ1) is 28.6. The molecule has 3 aromatic carbocycles. The molecule has 0 aliphatic heterocycles. The molecule has 0 unspecified atom stereocenters. The third-order valence-corrected chi connectivity index (χ3v) is 6.93. The van der Waals surface area contributed by atoms with Crippen LogP contribution in [-0.4, -0.2) is 23.8 Å². The minimum Gasteiger partial charge on any atom is -0.493 e. The molecule has 0 fully saturated rings. The van der Waals surface area contributed by atoms with Gasteiger partial charge in [0, 0.05) is 33.2 Å². The third-order valence-electron chi connectivity index (χ3n) is 6.56. The van der Waals surface area contributed by atoms with E-state index in [1.54, 1.807) is 43.5 Å². The maximum absolute atomic E-state index is 12.7. The number of hydrogen-bond donors (Lipinski definition) is 1. The number of benzene rings is 3. The number of furan rings is 1. The molecule has 2 aromatic heterocycles. The summed E-state index contributed by atoms with van der Waals surface area (Å²) < 4.78 is 25.2. The van der Waals surface area contributed by atoms with Crippen molar-refractivity contribution >= 4 is 23.7 Å². The Morgan fingerprint density at radius 3 is 2.40 bits per heavy atom. The maximum Gasteiger partial charge on any atom is 0.307 e. The average molecular weight is 584 g/mol. The molecule has 0 aliphatic carbocycles. The van der Waals surface area contributed by atoms with Gasteiger partial charge in [0.05, 0.1) is 13.3 Å². The quantitative estimate of drug-likeness (QED) is 0.130. The van der Waals surface area contributed by atoms with E-state index in [1.165, 1.54) is 6.21 Å². The molecule has 0 saturated carbocycles. The van der Waals surface area contributed by atoms with Crippen molar-refractivity contribution in [2.75, 3.05) is 7.11 Å². The first-order chi connectivity index (χ1) is 20.4. The highest BCUT2D eigenvalue weighted by molar-refractivity contribution is 6.31. The molecule has 0 aliphatic rings. The summed E-state index contributed by atoms with van der Waals surface area (Å²) in [5, 5.41) is 4.70. The fraction of sp³-hybridized carbons (Fsp3) is 0.152. The molecule has 214 valence electrons. The highest BCUT2D eigenvalue weighted by atomic mass is 35.5. The number of rotatable bonds is 11. The van der Waals surface area contributed by atoms with Gasteiger partial charge in [-0.1, -0.05) is 35.9 Å². The van der Waals surface area contributed by atoms with Gasteiger partial charge in [-0.25, -0.2) is 5.43 Å². The Labute approximate surface area is 249 Å². The number of methoxy groups -OCH3 is 1. The smallest absolute Gasteiger partial charge is 0.307 e. The second-order valence-corrected chi connectivity index (χ2v) is 9.87. The van der Waals surface area contributed by atoms with Crippen LogP contribution in [0.2, 0.25) is 5.02 Å². The Hall–Kier alpha value is -4.95. The van der Waals surface area contributed by atoms with Crippen molar-refractivity contribution in [3.05, 3.63) is 130 Å². The van der Waals surface area contributed by atoms with Gasteiger partial charge in [0.15, 0.2) is 17.3 Å². The fourth-order valence-corrected chi connectivity index (χ4v) is 4.62. The summed E-state index contributed by atoms with van der Waals surface area (Å²) in [6, 6.07) is 28.1. The number of amides is 1. The number of hydrazone groups is 1. The molecule has 0 bridgehead atoms. The average Bonchev–Trinajstić information content (AvgIpc) is 3.62. The summed E-state index contributed by atoms with van der Waals surface area (Å²) in [6.45, 7) is 4.55. The van der Waals surface area contributed by atoms with Crippen LogP contribution in [0.15, 0.2) is 101 Å². The molecule has 0 saturated heterocycles. The summed E-state index contributed by atoms with van der Waals surface area (Å²) in [6.07, 6.45) is 1.48. The molecular weight excluding hydrogens is 554 g/mol. The number of hydrogen-bond acceptors (Lipinski definition) is 6. The minimum absolute atomic E-state index is 0.112. The normalized spacial score (nSPS) is 11.0. The van der Waals surface area contributed by atoms with E-state index in [0.29, 0.717) is 33.6 Å². The predicted octanol–water partition coefficient (Wildman–Crippen LogP) is 7.27. The number of nitrogens with zero attached hydrogens (tertiary/aromatic N) is 2. The molecular formula is C33H30ClN3O5. The Balaban J connectivity index is 1.17. The van der Waals surface area contributed by atoms with Crippen molar-refractivity contribution in [3.63, 3.8) is 0 Å². The molecule has 5 rings (SSSR count). The number of aromatic nitrogens is 1. The second kappa shape index (κ2) is 13.1. The van der Waals surface area contributed by atoms with Gasteiger partial charge in [0.25, 0.3) is 0 Å². The number of ether oxygens (including phenoxy) is 3. The standard InChI is InChI=1S/C33H30ClN3O5/c1-22-11-12-23(2)37(22)26-13-15-27(16-14-26)40-21-28-17-18-31(42-28)33(38)36-35-19-24-8-6-10-30(39-3)32(24)41-20-25-7-4-5-9-29(25)34/h4-19H,20-21H2,1-3H3,(H,36,38). The summed E-state index contributed by atoms with van der Waals surface area (Å²) >= 11 is 6.26. The number of carbonyl (C=O) groups is 1. The molecule has 42 heavy (non-hydrogen) atoms. The monoisotopic (exact) mass is 583 g/mol. The van der Waals surface area contributed by atoms with Crippen LogP contribution < -0.4 is 19.6 Å². The van der Waals surface area contributed by atoms with Crippen LogP contribution in [0, 0.1) is 13.8 Å². The van der Waals surface area contributed by atoms with Crippen LogP contribution in [0.1, 0.15) is 38.8 Å². The molecule has 0 spiro atoms. The molecule has 8 nitrogen and oxygen atoms in total. The van der Waals surface area contributed by atoms with Crippen molar-refractivity contribution in [3.8, 4) is 22.9 Å². The zero-order chi connectivity index (χ0) is 29.5. The SMILES string of the molecule is COc1cccc(C=NNC(=O)c2ccc(COc3ccc(-n4c(C)ccc4C)cc3)o2)c1OCc1ccccc1Cl. The third kappa shape index (κ3) is 6.67. The van der Waals surface area contributed by atoms with E-state index in [0.717, 1.165) is 22.6 Å². The number of aryl methyl sites for hydroxylation is 2. The molecule has 5 aromatic rings. The van der Waals surface area contributed by atoms with E-state index in [9.17, 15) is 4.79 Å². The molecule has 2 heterocycles. The Kier molecular flexibility index (Phi) is 8.94. The first-order valence-electron chi connectivity index (χ1n) is 13.3. The van der Waals surface area contributed by atoms with Gasteiger partial charge in [-0.05, 0) is 80.6 Å². The van der Waals surface area contributed by atoms with Crippen molar-refractivity contribution in [2.45, 2.75) is 27.1 Å². The molecule has 1 amide bonds. The number of nitrogens with one attached hydrogen (secondary N) is 1. The summed E-state index contributed by atoms with van der Waals surface area (Å²) in [5.74, 6) is 1.81. The van der Waals surface area contributed by atoms with Gasteiger partial charge >= 0.3 is 5.91 Å². The van der Waals surface area contributed by atoms with Crippen LogP contribution in [-0.2, 0) is 13.2 Å². The Bertz CT molecular complexity index is 1690. The van der Waals surface area contributed by atoms with Gasteiger partial charge < -0.3 is 23.2 Å². The van der Waals surface area contributed by atoms with Crippen LogP contribution in [0.25, 0.3) is 5.69 Å². The van der Waals surface area contributed by atoms with Gasteiger partial charge in [-0.15, -0.1) is 0 Å². The largest absolute Gasteiger partial charge is 0.493 e. The van der Waals surface area contributed by atoms with Gasteiger partial charge in [-0.2, -0.15) is 5.10 Å². The lowest BCUT2D eigenvalue weighted by atomic mass is 10.2. The lowest BCUT2D eigenvalue weighted by Gasteiger charge is -2.13. The summed E-state index contributed by atoms with van der Waals surface area (Å²) in [4.78, 5) is 12.7. The Morgan fingerprint density at radius 2 is 1.67 bits per heavy atom. The molecule has 9 heteroatoms. The van der Waals surface area contributed by atoms with Crippen molar-refractivity contribution in [1.29, 1.82) is 0 Å². The fourth-order valence-electron chi connectivity index (χ4n) is 4.43. The topological polar surface area (TPSA) is 87.2 Å². The Morgan fingerprint density at radius 1 is 0.905 bits per heavy atom. The summed E-state index contributed by atoms with van der Waals surface area (Å²) in [7, 11) is 1.55. The van der Waals surface area contributed by atoms with E-state index in [2.05, 4.69) is 41.1 Å². The zero-order valence-electron chi connectivity index (χ0n) is 23.5. The van der Waals surface area contributed by atoms with Crippen LogP contribution >= 0.6 is 11.6 Å². The summed E-state index contributed by atoms with van der Waals surface area (Å²) in [5.41, 5.74) is 7.32. The second-order valence-electron chi connectivity index (χ2n) is 9.46. The number of para-hydroxylation sites is 1. The van der Waals surface area contributed by atoms with E-state index in [4.69, 9.17) is 30.2 Å². The lowest BCUT2D eigenvalue weighted by Crippen LogP contribution is -2.17. The van der Waals surface area contributed by atoms with Crippen LogP contribution in [0.3, 0.4) is 0 Å². The first-order valence-corrected chi connectivity index (χ1v) is 13.6. The van der Waals surface area contributed by atoms with Crippen LogP contribution in [0.4, 0.5) is 0 Å². The maximum atomic E-state index is 12.7. The highest BCUT2D eigenvalue weighted by Gasteiger charge is 2.13. The molecule has 1 N–H and O–H groups in total.